The van der Waals surface area contributed by atoms with E-state index in [2.05, 4.69) is 46.4 Å². The van der Waals surface area contributed by atoms with Gasteiger partial charge in [-0.2, -0.15) is 5.10 Å². The summed E-state index contributed by atoms with van der Waals surface area (Å²) in [5, 5.41) is 4.70. The van der Waals surface area contributed by atoms with E-state index in [9.17, 15) is 0 Å². The number of hydrogen-bond acceptors (Lipinski definition) is 3. The van der Waals surface area contributed by atoms with Crippen molar-refractivity contribution in [1.29, 1.82) is 0 Å². The highest BCUT2D eigenvalue weighted by Gasteiger charge is 2.28. The lowest BCUT2D eigenvalue weighted by Gasteiger charge is -2.37. The van der Waals surface area contributed by atoms with Crippen molar-refractivity contribution in [3.63, 3.8) is 0 Å². The highest BCUT2D eigenvalue weighted by atomic mass is 79.9. The van der Waals surface area contributed by atoms with Crippen LogP contribution in [0.15, 0.2) is 4.47 Å². The minimum atomic E-state index is 0.612. The highest BCUT2D eigenvalue weighted by Crippen LogP contribution is 2.30. The van der Waals surface area contributed by atoms with Gasteiger partial charge >= 0.3 is 0 Å². The lowest BCUT2D eigenvalue weighted by molar-refractivity contribution is 0.124. The first-order valence-electron chi connectivity index (χ1n) is 8.26. The molecule has 0 bridgehead atoms. The molecule has 1 aliphatic rings. The van der Waals surface area contributed by atoms with Gasteiger partial charge in [-0.3, -0.25) is 9.58 Å². The van der Waals surface area contributed by atoms with Crippen LogP contribution >= 0.6 is 15.9 Å². The topological polar surface area (TPSA) is 47.1 Å². The number of nitrogens with two attached hydrogens (primary N) is 1. The van der Waals surface area contributed by atoms with Crippen LogP contribution in [0.25, 0.3) is 0 Å². The third kappa shape index (κ3) is 3.69. The summed E-state index contributed by atoms with van der Waals surface area (Å²) in [5.74, 6) is 0.645. The SMILES string of the molecule is CCc1nn(CC)c(CN(C)C2CCCCC2CN)c1Br. The van der Waals surface area contributed by atoms with Gasteiger partial charge in [0.1, 0.15) is 0 Å². The van der Waals surface area contributed by atoms with E-state index in [1.807, 2.05) is 0 Å². The van der Waals surface area contributed by atoms with Crippen LogP contribution in [-0.4, -0.2) is 34.3 Å². The van der Waals surface area contributed by atoms with Crippen LogP contribution in [0.3, 0.4) is 0 Å². The van der Waals surface area contributed by atoms with Crippen molar-refractivity contribution < 1.29 is 0 Å². The molecule has 5 heteroatoms. The number of aryl methyl sites for hydroxylation is 2. The second kappa shape index (κ2) is 7.75. The summed E-state index contributed by atoms with van der Waals surface area (Å²) in [5.41, 5.74) is 8.45. The maximum absolute atomic E-state index is 5.98. The van der Waals surface area contributed by atoms with E-state index in [4.69, 9.17) is 10.8 Å². The van der Waals surface area contributed by atoms with Gasteiger partial charge in [0.2, 0.25) is 0 Å². The Balaban J connectivity index is 2.14. The van der Waals surface area contributed by atoms with Gasteiger partial charge in [0, 0.05) is 19.1 Å². The third-order valence-corrected chi connectivity index (χ3v) is 5.75. The minimum absolute atomic E-state index is 0.612. The molecular formula is C16H29BrN4. The largest absolute Gasteiger partial charge is 0.330 e. The second-order valence-corrected chi connectivity index (χ2v) is 6.93. The Morgan fingerprint density at radius 3 is 2.67 bits per heavy atom. The van der Waals surface area contributed by atoms with E-state index >= 15 is 0 Å². The molecule has 1 saturated carbocycles. The maximum atomic E-state index is 5.98. The van der Waals surface area contributed by atoms with Crippen LogP contribution in [0.1, 0.15) is 50.9 Å². The lowest BCUT2D eigenvalue weighted by Crippen LogP contribution is -2.43. The summed E-state index contributed by atoms with van der Waals surface area (Å²) in [7, 11) is 2.24. The molecule has 4 nitrogen and oxygen atoms in total. The van der Waals surface area contributed by atoms with E-state index in [1.54, 1.807) is 0 Å². The number of nitrogens with zero attached hydrogens (tertiary/aromatic N) is 3. The van der Waals surface area contributed by atoms with Gasteiger partial charge in [0.15, 0.2) is 0 Å². The molecule has 0 saturated heterocycles. The summed E-state index contributed by atoms with van der Waals surface area (Å²) in [6.07, 6.45) is 6.19. The Morgan fingerprint density at radius 2 is 2.05 bits per heavy atom. The molecule has 2 rings (SSSR count). The zero-order valence-corrected chi connectivity index (χ0v) is 15.2. The molecule has 1 aliphatic carbocycles. The van der Waals surface area contributed by atoms with E-state index in [0.29, 0.717) is 12.0 Å². The number of hydrogen-bond donors (Lipinski definition) is 1. The van der Waals surface area contributed by atoms with Crippen LogP contribution in [0.2, 0.25) is 0 Å². The Bertz CT molecular complexity index is 457. The molecule has 120 valence electrons. The summed E-state index contributed by atoms with van der Waals surface area (Å²) in [4.78, 5) is 2.49. The highest BCUT2D eigenvalue weighted by molar-refractivity contribution is 9.10. The van der Waals surface area contributed by atoms with E-state index in [-0.39, 0.29) is 0 Å². The Labute approximate surface area is 137 Å². The van der Waals surface area contributed by atoms with Crippen LogP contribution in [0.4, 0.5) is 0 Å². The Morgan fingerprint density at radius 1 is 1.33 bits per heavy atom. The normalized spacial score (nSPS) is 23.0. The van der Waals surface area contributed by atoms with Crippen molar-refractivity contribution in [3.8, 4) is 0 Å². The molecule has 0 amide bonds. The molecule has 21 heavy (non-hydrogen) atoms. The van der Waals surface area contributed by atoms with Gasteiger partial charge in [-0.25, -0.2) is 0 Å². The zero-order chi connectivity index (χ0) is 15.4. The first kappa shape index (κ1) is 17.0. The van der Waals surface area contributed by atoms with Crippen molar-refractivity contribution in [2.24, 2.45) is 11.7 Å². The van der Waals surface area contributed by atoms with Crippen LogP contribution in [0.5, 0.6) is 0 Å². The van der Waals surface area contributed by atoms with Crippen molar-refractivity contribution >= 4 is 15.9 Å². The lowest BCUT2D eigenvalue weighted by atomic mass is 9.83. The van der Waals surface area contributed by atoms with Crippen molar-refractivity contribution in [2.45, 2.75) is 65.1 Å². The van der Waals surface area contributed by atoms with Gasteiger partial charge in [-0.15, -0.1) is 0 Å². The molecule has 2 unspecified atom stereocenters. The van der Waals surface area contributed by atoms with Crippen molar-refractivity contribution in [1.82, 2.24) is 14.7 Å². The molecule has 2 N–H and O–H groups in total. The van der Waals surface area contributed by atoms with Crippen LogP contribution in [0, 0.1) is 5.92 Å². The second-order valence-electron chi connectivity index (χ2n) is 6.14. The predicted molar refractivity (Wildman–Crippen MR) is 91.2 cm³/mol. The van der Waals surface area contributed by atoms with Gasteiger partial charge in [0.25, 0.3) is 0 Å². The summed E-state index contributed by atoms with van der Waals surface area (Å²) < 4.78 is 3.33. The number of halogens is 1. The summed E-state index contributed by atoms with van der Waals surface area (Å²) >= 11 is 3.75. The zero-order valence-electron chi connectivity index (χ0n) is 13.6. The first-order chi connectivity index (χ1) is 10.1. The fourth-order valence-electron chi connectivity index (χ4n) is 3.57. The van der Waals surface area contributed by atoms with Crippen molar-refractivity contribution in [2.75, 3.05) is 13.6 Å². The minimum Gasteiger partial charge on any atom is -0.330 e. The van der Waals surface area contributed by atoms with E-state index in [0.717, 1.165) is 26.1 Å². The molecule has 2 atom stereocenters. The molecule has 1 fully saturated rings. The molecular weight excluding hydrogens is 328 g/mol. The monoisotopic (exact) mass is 356 g/mol. The van der Waals surface area contributed by atoms with Crippen molar-refractivity contribution in [3.05, 3.63) is 15.9 Å². The molecule has 1 heterocycles. The number of rotatable bonds is 6. The molecule has 0 spiro atoms. The van der Waals surface area contributed by atoms with E-state index in [1.165, 1.54) is 41.5 Å². The van der Waals surface area contributed by atoms with Gasteiger partial charge in [0.05, 0.1) is 15.9 Å². The maximum Gasteiger partial charge on any atom is 0.0767 e. The number of aromatic nitrogens is 2. The smallest absolute Gasteiger partial charge is 0.0767 e. The first-order valence-corrected chi connectivity index (χ1v) is 9.05. The Kier molecular flexibility index (Phi) is 6.26. The standard InChI is InChI=1S/C16H29BrN4/c1-4-13-16(17)15(21(5-2)19-13)11-20(3)14-9-7-6-8-12(14)10-18/h12,14H,4-11,18H2,1-3H3. The van der Waals surface area contributed by atoms with Gasteiger partial charge in [-0.05, 0) is 61.6 Å². The predicted octanol–water partition coefficient (Wildman–Crippen LogP) is 3.18. The molecule has 0 aromatic carbocycles. The average Bonchev–Trinajstić information content (AvgIpc) is 2.83. The van der Waals surface area contributed by atoms with Crippen LogP contribution < -0.4 is 5.73 Å². The van der Waals surface area contributed by atoms with Gasteiger partial charge in [-0.1, -0.05) is 19.8 Å². The summed E-state index contributed by atoms with van der Waals surface area (Å²) in [6.45, 7) is 7.00. The Hall–Kier alpha value is -0.390. The molecule has 1 aromatic heterocycles. The fraction of sp³-hybridized carbons (Fsp3) is 0.812. The fourth-order valence-corrected chi connectivity index (χ4v) is 4.25. The quantitative estimate of drug-likeness (QED) is 0.851. The van der Waals surface area contributed by atoms with Gasteiger partial charge < -0.3 is 5.73 Å². The molecule has 1 aromatic rings. The molecule has 0 aliphatic heterocycles. The average molecular weight is 357 g/mol. The third-order valence-electron chi connectivity index (χ3n) is 4.83. The van der Waals surface area contributed by atoms with E-state index < -0.39 is 0 Å². The summed E-state index contributed by atoms with van der Waals surface area (Å²) in [6, 6.07) is 0.612. The van der Waals surface area contributed by atoms with Crippen LogP contribution in [-0.2, 0) is 19.5 Å². The molecule has 0 radical (unpaired) electrons.